The fraction of sp³-hybridized carbons (Fsp3) is 0.385. The van der Waals surface area contributed by atoms with E-state index in [-0.39, 0.29) is 12.0 Å². The maximum atomic E-state index is 5.94. The highest BCUT2D eigenvalue weighted by atomic mass is 79.9. The topological polar surface area (TPSA) is 83.4 Å². The van der Waals surface area contributed by atoms with Gasteiger partial charge < -0.3 is 19.7 Å². The number of aromatic nitrogens is 2. The summed E-state index contributed by atoms with van der Waals surface area (Å²) in [5.74, 6) is 1.78. The smallest absolute Gasteiger partial charge is 0.234 e. The van der Waals surface area contributed by atoms with Crippen molar-refractivity contribution >= 4 is 15.9 Å². The van der Waals surface area contributed by atoms with Crippen LogP contribution in [0.2, 0.25) is 0 Å². The second kappa shape index (κ2) is 5.51. The second-order valence-electron chi connectivity index (χ2n) is 4.61. The minimum atomic E-state index is -0.0918. The number of hydrogen-bond acceptors (Lipinski definition) is 6. The van der Waals surface area contributed by atoms with Crippen molar-refractivity contribution in [2.75, 3.05) is 20.3 Å². The van der Waals surface area contributed by atoms with E-state index < -0.39 is 0 Å². The van der Waals surface area contributed by atoms with E-state index in [2.05, 4.69) is 26.1 Å². The highest BCUT2D eigenvalue weighted by Crippen LogP contribution is 2.30. The maximum absolute atomic E-state index is 5.94. The lowest BCUT2D eigenvalue weighted by Gasteiger charge is -2.06. The normalized spacial score (nSPS) is 22.1. The van der Waals surface area contributed by atoms with Crippen LogP contribution < -0.4 is 10.5 Å². The van der Waals surface area contributed by atoms with Gasteiger partial charge in [-0.2, -0.15) is 4.98 Å². The number of hydrogen-bond donors (Lipinski definition) is 1. The summed E-state index contributed by atoms with van der Waals surface area (Å²) in [5.41, 5.74) is 6.79. The first-order chi connectivity index (χ1) is 9.69. The summed E-state index contributed by atoms with van der Waals surface area (Å²) in [6.07, 6.45) is 0. The molecule has 0 bridgehead atoms. The molecule has 2 unspecified atom stereocenters. The van der Waals surface area contributed by atoms with E-state index in [1.807, 2.05) is 18.2 Å². The Morgan fingerprint density at radius 2 is 2.25 bits per heavy atom. The molecule has 1 aromatic heterocycles. The van der Waals surface area contributed by atoms with Crippen molar-refractivity contribution in [3.8, 4) is 17.1 Å². The Morgan fingerprint density at radius 3 is 2.90 bits per heavy atom. The molecule has 6 nitrogen and oxygen atoms in total. The zero-order valence-corrected chi connectivity index (χ0v) is 12.5. The number of nitrogens with zero attached hydrogens (tertiary/aromatic N) is 2. The third-order valence-corrected chi connectivity index (χ3v) is 3.91. The fourth-order valence-electron chi connectivity index (χ4n) is 2.13. The first-order valence-corrected chi connectivity index (χ1v) is 6.99. The van der Waals surface area contributed by atoms with Gasteiger partial charge >= 0.3 is 0 Å². The Labute approximate surface area is 124 Å². The van der Waals surface area contributed by atoms with Crippen LogP contribution in [-0.4, -0.2) is 36.5 Å². The van der Waals surface area contributed by atoms with Crippen LogP contribution in [0, 0.1) is 0 Å². The highest BCUT2D eigenvalue weighted by molar-refractivity contribution is 9.10. The van der Waals surface area contributed by atoms with Gasteiger partial charge in [0.25, 0.3) is 0 Å². The predicted octanol–water partition coefficient (Wildman–Crippen LogP) is 1.95. The Kier molecular flexibility index (Phi) is 3.73. The van der Waals surface area contributed by atoms with Crippen molar-refractivity contribution in [1.82, 2.24) is 10.1 Å². The molecule has 0 amide bonds. The summed E-state index contributed by atoms with van der Waals surface area (Å²) in [4.78, 5) is 4.41. The summed E-state index contributed by atoms with van der Waals surface area (Å²) >= 11 is 3.44. The van der Waals surface area contributed by atoms with Crippen molar-refractivity contribution in [2.45, 2.75) is 12.0 Å². The van der Waals surface area contributed by atoms with Crippen molar-refractivity contribution in [3.05, 3.63) is 28.6 Å². The second-order valence-corrected chi connectivity index (χ2v) is 5.47. The van der Waals surface area contributed by atoms with Crippen molar-refractivity contribution < 1.29 is 14.0 Å². The zero-order valence-electron chi connectivity index (χ0n) is 10.9. The van der Waals surface area contributed by atoms with Gasteiger partial charge in [0.05, 0.1) is 30.7 Å². The van der Waals surface area contributed by atoms with E-state index >= 15 is 0 Å². The third-order valence-electron chi connectivity index (χ3n) is 3.29. The van der Waals surface area contributed by atoms with Gasteiger partial charge in [-0.3, -0.25) is 0 Å². The Balaban J connectivity index is 1.88. The molecule has 1 aromatic carbocycles. The van der Waals surface area contributed by atoms with Crippen molar-refractivity contribution in [2.24, 2.45) is 5.73 Å². The van der Waals surface area contributed by atoms with Crippen molar-refractivity contribution in [3.63, 3.8) is 0 Å². The molecule has 0 aliphatic carbocycles. The van der Waals surface area contributed by atoms with E-state index in [0.717, 1.165) is 15.8 Å². The first kappa shape index (κ1) is 13.5. The number of halogens is 1. The molecule has 2 N–H and O–H groups in total. The van der Waals surface area contributed by atoms with Crippen molar-refractivity contribution in [1.29, 1.82) is 0 Å². The number of methoxy groups -OCH3 is 1. The van der Waals surface area contributed by atoms with E-state index in [1.54, 1.807) is 7.11 Å². The van der Waals surface area contributed by atoms with Crippen LogP contribution in [0.25, 0.3) is 11.4 Å². The molecule has 3 rings (SSSR count). The van der Waals surface area contributed by atoms with Crippen LogP contribution in [0.3, 0.4) is 0 Å². The highest BCUT2D eigenvalue weighted by Gasteiger charge is 2.31. The quantitative estimate of drug-likeness (QED) is 0.920. The number of ether oxygens (including phenoxy) is 2. The van der Waals surface area contributed by atoms with Gasteiger partial charge in [0, 0.05) is 11.6 Å². The standard InChI is InChI=1S/C13H14BrN3O3/c1-18-11-3-2-7(4-9(11)14)12-16-13(20-17-12)8-5-19-6-10(8)15/h2-4,8,10H,5-6,15H2,1H3. The lowest BCUT2D eigenvalue weighted by molar-refractivity contribution is 0.187. The monoisotopic (exact) mass is 339 g/mol. The molecule has 0 saturated carbocycles. The van der Waals surface area contributed by atoms with Gasteiger partial charge in [0.1, 0.15) is 5.75 Å². The molecule has 7 heteroatoms. The summed E-state index contributed by atoms with van der Waals surface area (Å²) in [5, 5.41) is 4.00. The average Bonchev–Trinajstić information content (AvgIpc) is 3.07. The van der Waals surface area contributed by atoms with E-state index in [0.29, 0.717) is 24.9 Å². The molecule has 1 aliphatic rings. The molecule has 0 radical (unpaired) electrons. The lowest BCUT2D eigenvalue weighted by atomic mass is 10.1. The van der Waals surface area contributed by atoms with Crippen LogP contribution in [0.5, 0.6) is 5.75 Å². The van der Waals surface area contributed by atoms with Gasteiger partial charge in [-0.15, -0.1) is 0 Å². The summed E-state index contributed by atoms with van der Waals surface area (Å²) in [6.45, 7) is 1.05. The Bertz CT molecular complexity index is 617. The summed E-state index contributed by atoms with van der Waals surface area (Å²) < 4.78 is 16.6. The van der Waals surface area contributed by atoms with E-state index in [1.165, 1.54) is 0 Å². The summed E-state index contributed by atoms with van der Waals surface area (Å²) in [6, 6.07) is 5.52. The molecule has 1 saturated heterocycles. The molecule has 0 spiro atoms. The lowest BCUT2D eigenvalue weighted by Crippen LogP contribution is -2.26. The molecular weight excluding hydrogens is 326 g/mol. The van der Waals surface area contributed by atoms with Gasteiger partial charge in [0.15, 0.2) is 0 Å². The number of benzene rings is 1. The number of nitrogens with two attached hydrogens (primary N) is 1. The van der Waals surface area contributed by atoms with E-state index in [9.17, 15) is 0 Å². The molecule has 1 fully saturated rings. The van der Waals surface area contributed by atoms with Crippen LogP contribution >= 0.6 is 15.9 Å². The van der Waals surface area contributed by atoms with Gasteiger partial charge in [0.2, 0.25) is 11.7 Å². The maximum Gasteiger partial charge on any atom is 0.234 e. The largest absolute Gasteiger partial charge is 0.496 e. The molecule has 2 aromatic rings. The molecule has 1 aliphatic heterocycles. The van der Waals surface area contributed by atoms with Crippen LogP contribution in [0.15, 0.2) is 27.2 Å². The SMILES string of the molecule is COc1ccc(-c2noc(C3COCC3N)n2)cc1Br. The molecular formula is C13H14BrN3O3. The first-order valence-electron chi connectivity index (χ1n) is 6.20. The van der Waals surface area contributed by atoms with Gasteiger partial charge in [-0.1, -0.05) is 5.16 Å². The average molecular weight is 340 g/mol. The van der Waals surface area contributed by atoms with Crippen LogP contribution in [0.4, 0.5) is 0 Å². The molecule has 20 heavy (non-hydrogen) atoms. The van der Waals surface area contributed by atoms with Gasteiger partial charge in [-0.05, 0) is 34.1 Å². The Morgan fingerprint density at radius 1 is 1.40 bits per heavy atom. The number of rotatable bonds is 3. The Hall–Kier alpha value is -1.44. The predicted molar refractivity (Wildman–Crippen MR) is 75.5 cm³/mol. The molecule has 106 valence electrons. The zero-order chi connectivity index (χ0) is 14.1. The molecule has 2 atom stereocenters. The summed E-state index contributed by atoms with van der Waals surface area (Å²) in [7, 11) is 1.62. The minimum Gasteiger partial charge on any atom is -0.496 e. The molecule has 2 heterocycles. The fourth-order valence-corrected chi connectivity index (χ4v) is 2.67. The van der Waals surface area contributed by atoms with Crippen LogP contribution in [0.1, 0.15) is 11.8 Å². The van der Waals surface area contributed by atoms with E-state index in [4.69, 9.17) is 19.7 Å². The van der Waals surface area contributed by atoms with Crippen LogP contribution in [-0.2, 0) is 4.74 Å². The van der Waals surface area contributed by atoms with Gasteiger partial charge in [-0.25, -0.2) is 0 Å². The third kappa shape index (κ3) is 2.44. The minimum absolute atomic E-state index is 0.0297.